The first-order chi connectivity index (χ1) is 14.0. The van der Waals surface area contributed by atoms with E-state index in [4.69, 9.17) is 11.6 Å². The molecule has 3 aromatic rings. The normalized spacial score (nSPS) is 23.6. The average Bonchev–Trinajstić information content (AvgIpc) is 3.37. The fourth-order valence-corrected chi connectivity index (χ4v) is 4.70. The van der Waals surface area contributed by atoms with Gasteiger partial charge in [-0.05, 0) is 48.2 Å². The van der Waals surface area contributed by atoms with Gasteiger partial charge < -0.3 is 20.3 Å². The molecule has 148 valence electrons. The number of carbonyl (C=O) groups is 2. The van der Waals surface area contributed by atoms with Crippen molar-refractivity contribution >= 4 is 34.3 Å². The van der Waals surface area contributed by atoms with Gasteiger partial charge in [-0.1, -0.05) is 35.9 Å². The van der Waals surface area contributed by atoms with Crippen molar-refractivity contribution in [1.82, 2.24) is 15.2 Å². The van der Waals surface area contributed by atoms with Crippen LogP contribution in [0.3, 0.4) is 0 Å². The fourth-order valence-electron chi connectivity index (χ4n) is 4.52. The minimum absolute atomic E-state index is 0.229. The quantitative estimate of drug-likeness (QED) is 0.621. The maximum absolute atomic E-state index is 13.0. The Morgan fingerprint density at radius 2 is 2.03 bits per heavy atom. The Labute approximate surface area is 172 Å². The number of hydrogen-bond acceptors (Lipinski definition) is 3. The van der Waals surface area contributed by atoms with Gasteiger partial charge >= 0.3 is 0 Å². The summed E-state index contributed by atoms with van der Waals surface area (Å²) >= 11 is 6.04. The van der Waals surface area contributed by atoms with Crippen molar-refractivity contribution in [2.24, 2.45) is 0 Å². The Hall–Kier alpha value is -2.83. The third-order valence-corrected chi connectivity index (χ3v) is 6.12. The van der Waals surface area contributed by atoms with Crippen LogP contribution >= 0.6 is 11.6 Å². The average molecular weight is 410 g/mol. The van der Waals surface area contributed by atoms with E-state index in [-0.39, 0.29) is 23.9 Å². The Bertz CT molecular complexity index is 1130. The number of carbonyl (C=O) groups excluding carboxylic acids is 2. The van der Waals surface area contributed by atoms with Gasteiger partial charge in [-0.25, -0.2) is 0 Å². The zero-order valence-electron chi connectivity index (χ0n) is 15.6. The van der Waals surface area contributed by atoms with E-state index in [1.165, 1.54) is 0 Å². The number of H-pyrrole nitrogens is 1. The molecule has 0 radical (unpaired) electrons. The van der Waals surface area contributed by atoms with E-state index >= 15 is 0 Å². The molecule has 1 aromatic heterocycles. The van der Waals surface area contributed by atoms with Gasteiger partial charge in [0, 0.05) is 22.5 Å². The van der Waals surface area contributed by atoms with Gasteiger partial charge in [0.05, 0.1) is 12.1 Å². The highest BCUT2D eigenvalue weighted by molar-refractivity contribution is 6.31. The van der Waals surface area contributed by atoms with Gasteiger partial charge in [-0.15, -0.1) is 0 Å². The lowest BCUT2D eigenvalue weighted by Gasteiger charge is -2.30. The molecule has 2 amide bonds. The van der Waals surface area contributed by atoms with Crippen LogP contribution in [0.15, 0.2) is 48.5 Å². The van der Waals surface area contributed by atoms with Crippen molar-refractivity contribution in [2.45, 2.75) is 31.0 Å². The van der Waals surface area contributed by atoms with Crippen LogP contribution in [-0.2, 0) is 11.2 Å². The minimum Gasteiger partial charge on any atom is -0.383 e. The van der Waals surface area contributed by atoms with Crippen LogP contribution in [0.4, 0.5) is 0 Å². The number of nitrogens with zero attached hydrogens (tertiary/aromatic N) is 1. The van der Waals surface area contributed by atoms with Gasteiger partial charge in [0.2, 0.25) is 0 Å². The van der Waals surface area contributed by atoms with Gasteiger partial charge in [0.15, 0.2) is 0 Å². The molecule has 1 aliphatic heterocycles. The van der Waals surface area contributed by atoms with Crippen LogP contribution in [0.25, 0.3) is 10.9 Å². The zero-order valence-corrected chi connectivity index (χ0v) is 16.3. The molecule has 6 nitrogen and oxygen atoms in total. The van der Waals surface area contributed by atoms with Crippen molar-refractivity contribution in [2.75, 3.05) is 6.54 Å². The molecular weight excluding hydrogens is 390 g/mol. The third-order valence-electron chi connectivity index (χ3n) is 5.89. The van der Waals surface area contributed by atoms with Crippen LogP contribution in [0, 0.1) is 0 Å². The second-order valence-corrected chi connectivity index (χ2v) is 8.11. The van der Waals surface area contributed by atoms with E-state index in [0.29, 0.717) is 30.1 Å². The lowest BCUT2D eigenvalue weighted by atomic mass is 10.1. The summed E-state index contributed by atoms with van der Waals surface area (Å²) in [6.45, 7) is 0.482. The summed E-state index contributed by atoms with van der Waals surface area (Å²) in [4.78, 5) is 30.3. The molecule has 0 unspecified atom stereocenters. The highest BCUT2D eigenvalue weighted by Crippen LogP contribution is 2.38. The molecular formula is C22H20ClN3O3. The van der Waals surface area contributed by atoms with Crippen LogP contribution < -0.4 is 5.32 Å². The van der Waals surface area contributed by atoms with E-state index in [0.717, 1.165) is 22.0 Å². The Morgan fingerprint density at radius 3 is 2.83 bits per heavy atom. The smallest absolute Gasteiger partial charge is 0.268 e. The Kier molecular flexibility index (Phi) is 4.33. The summed E-state index contributed by atoms with van der Waals surface area (Å²) in [5, 5.41) is 14.5. The van der Waals surface area contributed by atoms with Gasteiger partial charge in [0.25, 0.3) is 11.8 Å². The molecule has 0 bridgehead atoms. The molecule has 1 fully saturated rings. The van der Waals surface area contributed by atoms with Crippen LogP contribution in [-0.4, -0.2) is 45.5 Å². The lowest BCUT2D eigenvalue weighted by molar-refractivity contribution is -0.136. The summed E-state index contributed by atoms with van der Waals surface area (Å²) in [6, 6.07) is 14.6. The third kappa shape index (κ3) is 3.09. The molecule has 5 rings (SSSR count). The number of aromatic nitrogens is 1. The number of nitrogens with one attached hydrogen (secondary N) is 2. The van der Waals surface area contributed by atoms with Crippen molar-refractivity contribution in [1.29, 1.82) is 0 Å². The zero-order chi connectivity index (χ0) is 20.1. The van der Waals surface area contributed by atoms with Gasteiger partial charge in [-0.3, -0.25) is 9.59 Å². The predicted molar refractivity (Wildman–Crippen MR) is 110 cm³/mol. The van der Waals surface area contributed by atoms with Crippen LogP contribution in [0.2, 0.25) is 5.02 Å². The number of aliphatic hydroxyl groups excluding tert-OH is 1. The predicted octanol–water partition coefficient (Wildman–Crippen LogP) is 2.81. The highest BCUT2D eigenvalue weighted by atomic mass is 35.5. The number of halogens is 1. The van der Waals surface area contributed by atoms with E-state index in [1.807, 2.05) is 36.4 Å². The van der Waals surface area contributed by atoms with E-state index in [1.54, 1.807) is 17.0 Å². The number of likely N-dealkylation sites (tertiary alicyclic amines) is 1. The fraction of sp³-hybridized carbons (Fsp3) is 0.273. The Balaban J connectivity index is 1.44. The molecule has 0 spiro atoms. The first-order valence-corrected chi connectivity index (χ1v) is 10.0. The lowest BCUT2D eigenvalue weighted by Crippen LogP contribution is -2.45. The number of hydrogen-bond donors (Lipinski definition) is 3. The molecule has 2 aliphatic rings. The second kappa shape index (κ2) is 6.90. The largest absolute Gasteiger partial charge is 0.383 e. The summed E-state index contributed by atoms with van der Waals surface area (Å²) in [7, 11) is 0. The van der Waals surface area contributed by atoms with E-state index in [9.17, 15) is 14.7 Å². The molecule has 2 aromatic carbocycles. The molecule has 0 saturated carbocycles. The van der Waals surface area contributed by atoms with Gasteiger partial charge in [-0.2, -0.15) is 0 Å². The maximum atomic E-state index is 13.0. The van der Waals surface area contributed by atoms with E-state index in [2.05, 4.69) is 10.3 Å². The van der Waals surface area contributed by atoms with Crippen molar-refractivity contribution < 1.29 is 14.7 Å². The van der Waals surface area contributed by atoms with Gasteiger partial charge in [0.1, 0.15) is 11.8 Å². The number of benzene rings is 2. The monoisotopic (exact) mass is 409 g/mol. The van der Waals surface area contributed by atoms with Crippen molar-refractivity contribution in [3.63, 3.8) is 0 Å². The first-order valence-electron chi connectivity index (χ1n) is 9.67. The number of rotatable bonds is 3. The summed E-state index contributed by atoms with van der Waals surface area (Å²) in [6.07, 6.45) is 0.0944. The summed E-state index contributed by atoms with van der Waals surface area (Å²) in [5.74, 6) is -0.501. The molecule has 3 atom stereocenters. The molecule has 2 heterocycles. The molecule has 29 heavy (non-hydrogen) atoms. The second-order valence-electron chi connectivity index (χ2n) is 7.68. The maximum Gasteiger partial charge on any atom is 0.268 e. The Morgan fingerprint density at radius 1 is 1.21 bits per heavy atom. The minimum atomic E-state index is -0.961. The number of amides is 2. The van der Waals surface area contributed by atoms with Crippen molar-refractivity contribution in [3.8, 4) is 0 Å². The van der Waals surface area contributed by atoms with Crippen LogP contribution in [0.5, 0.6) is 0 Å². The van der Waals surface area contributed by atoms with Crippen molar-refractivity contribution in [3.05, 3.63) is 70.4 Å². The topological polar surface area (TPSA) is 85.4 Å². The SMILES string of the molecule is O=C(N[C@@H]1Cc2ccccc2[C@H]1N1CC[C@H](O)C1=O)c1cc2cc(Cl)ccc2[nH]1. The molecule has 1 saturated heterocycles. The highest BCUT2D eigenvalue weighted by Gasteiger charge is 2.43. The summed E-state index contributed by atoms with van der Waals surface area (Å²) < 4.78 is 0. The summed E-state index contributed by atoms with van der Waals surface area (Å²) in [5.41, 5.74) is 3.43. The molecule has 1 aliphatic carbocycles. The van der Waals surface area contributed by atoms with Crippen LogP contribution in [0.1, 0.15) is 34.1 Å². The van der Waals surface area contributed by atoms with E-state index < -0.39 is 6.10 Å². The standard InChI is InChI=1S/C22H20ClN3O3/c23-14-5-6-16-13(9-14)11-18(24-16)21(28)25-17-10-12-3-1-2-4-15(12)20(17)26-8-7-19(27)22(26)29/h1-6,9,11,17,19-20,24,27H,7-8,10H2,(H,25,28)/t17-,19+,20-/m1/s1. The molecule has 7 heteroatoms. The number of fused-ring (bicyclic) bond motifs is 2. The molecule has 3 N–H and O–H groups in total. The first kappa shape index (κ1) is 18.2. The number of aliphatic hydroxyl groups is 1. The number of aromatic amines is 1.